The van der Waals surface area contributed by atoms with Crippen LogP contribution in [0.25, 0.3) is 10.9 Å². The van der Waals surface area contributed by atoms with Crippen LogP contribution in [-0.2, 0) is 4.74 Å². The van der Waals surface area contributed by atoms with Crippen LogP contribution in [0.1, 0.15) is 55.2 Å². The fourth-order valence-electron chi connectivity index (χ4n) is 5.88. The number of pyridine rings is 1. The molecular formula is C29H31FN2O2. The van der Waals surface area contributed by atoms with E-state index in [0.29, 0.717) is 30.9 Å². The molecule has 0 unspecified atom stereocenters. The highest BCUT2D eigenvalue weighted by Crippen LogP contribution is 2.42. The van der Waals surface area contributed by atoms with Crippen LogP contribution in [-0.4, -0.2) is 29.1 Å². The van der Waals surface area contributed by atoms with Gasteiger partial charge in [0.1, 0.15) is 12.4 Å². The number of allylic oxidation sites excluding steroid dienone is 1. The Bertz CT molecular complexity index is 1160. The molecule has 0 bridgehead atoms. The minimum Gasteiger partial charge on any atom is -0.447 e. The zero-order valence-corrected chi connectivity index (χ0v) is 19.4. The van der Waals surface area contributed by atoms with E-state index in [4.69, 9.17) is 4.74 Å². The average molecular weight is 459 g/mol. The number of halogens is 1. The number of cyclic esters (lactones) is 1. The van der Waals surface area contributed by atoms with E-state index in [9.17, 15) is 9.18 Å². The number of hydrogen-bond acceptors (Lipinski definition) is 3. The number of hydrogen-bond donors (Lipinski definition) is 0. The van der Waals surface area contributed by atoms with Crippen molar-refractivity contribution in [1.29, 1.82) is 0 Å². The van der Waals surface area contributed by atoms with Crippen LogP contribution in [0.5, 0.6) is 0 Å². The molecule has 34 heavy (non-hydrogen) atoms. The Morgan fingerprint density at radius 3 is 2.68 bits per heavy atom. The third kappa shape index (κ3) is 4.56. The van der Waals surface area contributed by atoms with Crippen molar-refractivity contribution >= 4 is 17.0 Å². The van der Waals surface area contributed by atoms with E-state index in [-0.39, 0.29) is 18.0 Å². The van der Waals surface area contributed by atoms with Gasteiger partial charge in [-0.15, -0.1) is 6.58 Å². The number of ether oxygens (including phenoxy) is 1. The van der Waals surface area contributed by atoms with E-state index in [1.807, 2.05) is 35.4 Å². The molecule has 1 aliphatic heterocycles. The number of fused-ring (bicyclic) bond motifs is 1. The van der Waals surface area contributed by atoms with Gasteiger partial charge in [0.25, 0.3) is 0 Å². The van der Waals surface area contributed by atoms with Gasteiger partial charge in [0, 0.05) is 18.1 Å². The lowest BCUT2D eigenvalue weighted by Gasteiger charge is -2.36. The fraction of sp³-hybridized carbons (Fsp3) is 0.379. The molecule has 2 fully saturated rings. The molecule has 0 spiro atoms. The topological polar surface area (TPSA) is 42.4 Å². The second-order valence-corrected chi connectivity index (χ2v) is 9.61. The summed E-state index contributed by atoms with van der Waals surface area (Å²) in [5, 5.41) is 0.930. The summed E-state index contributed by atoms with van der Waals surface area (Å²) in [6.07, 6.45) is 8.76. The van der Waals surface area contributed by atoms with Crippen LogP contribution in [0.3, 0.4) is 0 Å². The quantitative estimate of drug-likeness (QED) is 0.357. The predicted molar refractivity (Wildman–Crippen MR) is 132 cm³/mol. The molecule has 176 valence electrons. The first-order valence-corrected chi connectivity index (χ1v) is 12.3. The Morgan fingerprint density at radius 1 is 1.12 bits per heavy atom. The van der Waals surface area contributed by atoms with Crippen molar-refractivity contribution in [2.45, 2.75) is 44.1 Å². The molecule has 1 amide bonds. The molecule has 1 saturated heterocycles. The summed E-state index contributed by atoms with van der Waals surface area (Å²) < 4.78 is 19.4. The zero-order chi connectivity index (χ0) is 23.5. The molecule has 2 aliphatic rings. The lowest BCUT2D eigenvalue weighted by molar-refractivity contribution is 0.137. The first-order valence-electron chi connectivity index (χ1n) is 12.3. The largest absolute Gasteiger partial charge is 0.447 e. The van der Waals surface area contributed by atoms with Crippen molar-refractivity contribution in [3.63, 3.8) is 0 Å². The molecule has 1 saturated carbocycles. The number of rotatable bonds is 7. The van der Waals surface area contributed by atoms with Gasteiger partial charge in [0.05, 0.1) is 11.6 Å². The number of amides is 1. The molecule has 3 aromatic rings. The first-order chi connectivity index (χ1) is 16.6. The molecule has 2 atom stereocenters. The highest BCUT2D eigenvalue weighted by molar-refractivity contribution is 5.82. The van der Waals surface area contributed by atoms with Gasteiger partial charge in [-0.1, -0.05) is 36.4 Å². The van der Waals surface area contributed by atoms with E-state index in [2.05, 4.69) is 29.8 Å². The summed E-state index contributed by atoms with van der Waals surface area (Å²) in [6.45, 7) is 5.08. The number of benzene rings is 2. The monoisotopic (exact) mass is 458 g/mol. The van der Waals surface area contributed by atoms with E-state index in [1.54, 1.807) is 12.1 Å². The molecule has 5 rings (SSSR count). The summed E-state index contributed by atoms with van der Waals surface area (Å²) in [6, 6.07) is 17.0. The van der Waals surface area contributed by atoms with Crippen LogP contribution in [0.15, 0.2) is 73.4 Å². The average Bonchev–Trinajstić information content (AvgIpc) is 3.24. The first kappa shape index (κ1) is 22.6. The maximum atomic E-state index is 13.9. The van der Waals surface area contributed by atoms with Crippen LogP contribution >= 0.6 is 0 Å². The van der Waals surface area contributed by atoms with Gasteiger partial charge in [-0.2, -0.15) is 0 Å². The molecule has 1 aromatic heterocycles. The summed E-state index contributed by atoms with van der Waals surface area (Å²) >= 11 is 0. The molecule has 4 nitrogen and oxygen atoms in total. The van der Waals surface area contributed by atoms with Gasteiger partial charge >= 0.3 is 6.09 Å². The van der Waals surface area contributed by atoms with Gasteiger partial charge in [-0.25, -0.2) is 9.18 Å². The van der Waals surface area contributed by atoms with Gasteiger partial charge in [-0.05, 0) is 85.3 Å². The van der Waals surface area contributed by atoms with Crippen LogP contribution in [0.2, 0.25) is 0 Å². The standard InChI is InChI=1S/C29H31FN2O2/c1-2-6-23(18-32-28(19-34-29(32)33)22-7-4-3-5-8-22)20-9-11-21(12-10-20)25-15-16-31-27-14-13-24(30)17-26(25)27/h2-5,7-8,13-17,20-21,23,28H,1,6,9-12,18-19H2/t20?,21?,23-,28-/m0/s1. The summed E-state index contributed by atoms with van der Waals surface area (Å²) in [5.41, 5.74) is 3.17. The van der Waals surface area contributed by atoms with E-state index >= 15 is 0 Å². The van der Waals surface area contributed by atoms with Gasteiger partial charge in [-0.3, -0.25) is 9.88 Å². The number of aromatic nitrogens is 1. The zero-order valence-electron chi connectivity index (χ0n) is 19.4. The second-order valence-electron chi connectivity index (χ2n) is 9.61. The third-order valence-electron chi connectivity index (χ3n) is 7.68. The van der Waals surface area contributed by atoms with Crippen LogP contribution in [0.4, 0.5) is 9.18 Å². The van der Waals surface area contributed by atoms with Crippen molar-refractivity contribution in [2.24, 2.45) is 11.8 Å². The smallest absolute Gasteiger partial charge is 0.410 e. The summed E-state index contributed by atoms with van der Waals surface area (Å²) in [7, 11) is 0. The van der Waals surface area contributed by atoms with E-state index in [0.717, 1.165) is 48.6 Å². The van der Waals surface area contributed by atoms with Crippen molar-refractivity contribution in [3.05, 3.63) is 90.4 Å². The molecule has 5 heteroatoms. The van der Waals surface area contributed by atoms with Crippen molar-refractivity contribution < 1.29 is 13.9 Å². The number of carbonyl (C=O) groups is 1. The molecule has 0 radical (unpaired) electrons. The summed E-state index contributed by atoms with van der Waals surface area (Å²) in [4.78, 5) is 18.9. The SMILES string of the molecule is C=CC[C@@H](CN1C(=O)OC[C@H]1c1ccccc1)C1CCC(c2ccnc3ccc(F)cc23)CC1. The van der Waals surface area contributed by atoms with E-state index < -0.39 is 0 Å². The number of carbonyl (C=O) groups excluding carboxylic acids is 1. The van der Waals surface area contributed by atoms with Crippen molar-refractivity contribution in [2.75, 3.05) is 13.2 Å². The highest BCUT2D eigenvalue weighted by Gasteiger charge is 2.37. The second kappa shape index (κ2) is 9.96. The number of nitrogens with zero attached hydrogens (tertiary/aromatic N) is 2. The lowest BCUT2D eigenvalue weighted by Crippen LogP contribution is -2.36. The molecular weight excluding hydrogens is 427 g/mol. The third-order valence-corrected chi connectivity index (χ3v) is 7.68. The minimum absolute atomic E-state index is 0.0320. The molecule has 1 aliphatic carbocycles. The van der Waals surface area contributed by atoms with Gasteiger partial charge in [0.15, 0.2) is 0 Å². The van der Waals surface area contributed by atoms with Gasteiger partial charge in [0.2, 0.25) is 0 Å². The minimum atomic E-state index is -0.220. The Balaban J connectivity index is 1.29. The lowest BCUT2D eigenvalue weighted by atomic mass is 9.72. The van der Waals surface area contributed by atoms with Crippen molar-refractivity contribution in [3.8, 4) is 0 Å². The van der Waals surface area contributed by atoms with Crippen LogP contribution < -0.4 is 0 Å². The Hall–Kier alpha value is -3.21. The summed E-state index contributed by atoms with van der Waals surface area (Å²) in [5.74, 6) is 1.06. The van der Waals surface area contributed by atoms with E-state index in [1.165, 1.54) is 11.6 Å². The molecule has 2 heterocycles. The Kier molecular flexibility index (Phi) is 6.61. The van der Waals surface area contributed by atoms with Crippen molar-refractivity contribution in [1.82, 2.24) is 9.88 Å². The van der Waals surface area contributed by atoms with Crippen LogP contribution in [0, 0.1) is 17.7 Å². The maximum Gasteiger partial charge on any atom is 0.410 e. The fourth-order valence-corrected chi connectivity index (χ4v) is 5.88. The Labute approximate surface area is 200 Å². The predicted octanol–water partition coefficient (Wildman–Crippen LogP) is 7.03. The normalized spacial score (nSPS) is 23.6. The molecule has 0 N–H and O–H groups in total. The maximum absolute atomic E-state index is 13.9. The Morgan fingerprint density at radius 2 is 1.91 bits per heavy atom. The molecule has 2 aromatic carbocycles. The highest BCUT2D eigenvalue weighted by atomic mass is 19.1. The van der Waals surface area contributed by atoms with Gasteiger partial charge < -0.3 is 4.74 Å².